The molecule has 0 aliphatic heterocycles. The zero-order valence-corrected chi connectivity index (χ0v) is 14.7. The van der Waals surface area contributed by atoms with Crippen molar-refractivity contribution >= 4 is 33.0 Å². The van der Waals surface area contributed by atoms with Crippen LogP contribution in [0, 0.1) is 6.92 Å². The van der Waals surface area contributed by atoms with Gasteiger partial charge in [-0.05, 0) is 31.2 Å². The molecule has 0 saturated carbocycles. The second-order valence-corrected chi connectivity index (χ2v) is 7.61. The first-order chi connectivity index (χ1) is 10.9. The van der Waals surface area contributed by atoms with Crippen molar-refractivity contribution in [3.05, 3.63) is 52.0 Å². The van der Waals surface area contributed by atoms with Crippen molar-refractivity contribution in [1.82, 2.24) is 0 Å². The van der Waals surface area contributed by atoms with Gasteiger partial charge in [0.1, 0.15) is 10.8 Å². The number of benzene rings is 2. The molecular weight excluding hydrogens is 359 g/mol. The molecule has 2 aromatic carbocycles. The molecule has 0 aromatic heterocycles. The summed E-state index contributed by atoms with van der Waals surface area (Å²) >= 11 is 12.2. The molecule has 0 bridgehead atoms. The van der Waals surface area contributed by atoms with Crippen molar-refractivity contribution in [3.63, 3.8) is 0 Å². The Bertz CT molecular complexity index is 786. The summed E-state index contributed by atoms with van der Waals surface area (Å²) in [4.78, 5) is 0.0811. The number of aliphatic hydroxyl groups excluding tert-OH is 1. The van der Waals surface area contributed by atoms with Crippen LogP contribution in [0.3, 0.4) is 0 Å². The lowest BCUT2D eigenvalue weighted by atomic mass is 10.2. The van der Waals surface area contributed by atoms with Crippen molar-refractivity contribution in [2.24, 2.45) is 0 Å². The third kappa shape index (κ3) is 3.98. The van der Waals surface area contributed by atoms with E-state index in [-0.39, 0.29) is 38.8 Å². The molecule has 0 saturated heterocycles. The first kappa shape index (κ1) is 18.1. The lowest BCUT2D eigenvalue weighted by molar-refractivity contribution is 0.233. The maximum Gasteiger partial charge on any atom is 0.208 e. The molecule has 4 nitrogen and oxygen atoms in total. The van der Waals surface area contributed by atoms with Crippen LogP contribution in [0.2, 0.25) is 10.0 Å². The fraction of sp³-hybridized carbons (Fsp3) is 0.250. The Balaban J connectivity index is 2.40. The summed E-state index contributed by atoms with van der Waals surface area (Å²) < 4.78 is 30.7. The monoisotopic (exact) mass is 374 g/mol. The number of rotatable bonds is 6. The third-order valence-electron chi connectivity index (χ3n) is 3.19. The minimum atomic E-state index is -3.76. The first-order valence-electron chi connectivity index (χ1n) is 6.91. The molecule has 1 N–H and O–H groups in total. The molecule has 0 fully saturated rings. The Morgan fingerprint density at radius 1 is 1.04 bits per heavy atom. The summed E-state index contributed by atoms with van der Waals surface area (Å²) in [5.41, 5.74) is 0.959. The molecular formula is C16H16Cl2O4S. The second-order valence-electron chi connectivity index (χ2n) is 4.93. The summed E-state index contributed by atoms with van der Waals surface area (Å²) in [6.45, 7) is 2.13. The van der Waals surface area contributed by atoms with Crippen LogP contribution in [0.5, 0.6) is 5.75 Å². The molecule has 7 heteroatoms. The Morgan fingerprint density at radius 3 is 2.30 bits per heavy atom. The van der Waals surface area contributed by atoms with Crippen molar-refractivity contribution in [1.29, 1.82) is 0 Å². The van der Waals surface area contributed by atoms with Gasteiger partial charge in [-0.25, -0.2) is 8.42 Å². The Kier molecular flexibility index (Phi) is 5.92. The molecule has 0 spiro atoms. The van der Waals surface area contributed by atoms with Gasteiger partial charge in [0.15, 0.2) is 0 Å². The van der Waals surface area contributed by atoms with E-state index in [1.807, 2.05) is 6.92 Å². The van der Waals surface area contributed by atoms with E-state index >= 15 is 0 Å². The van der Waals surface area contributed by atoms with E-state index in [1.54, 1.807) is 12.1 Å². The van der Waals surface area contributed by atoms with Crippen LogP contribution in [0.4, 0.5) is 0 Å². The molecule has 0 unspecified atom stereocenters. The lowest BCUT2D eigenvalue weighted by Crippen LogP contribution is -2.05. The summed E-state index contributed by atoms with van der Waals surface area (Å²) in [6.07, 6.45) is 0.442. The fourth-order valence-electron chi connectivity index (χ4n) is 1.92. The van der Waals surface area contributed by atoms with Gasteiger partial charge >= 0.3 is 0 Å². The number of halogens is 2. The molecule has 0 heterocycles. The van der Waals surface area contributed by atoms with E-state index in [0.29, 0.717) is 6.42 Å². The maximum absolute atomic E-state index is 12.7. The SMILES string of the molecule is Cc1ccc(S(=O)(=O)c2ccc(OCCCO)c(Cl)c2Cl)cc1. The molecule has 0 aliphatic rings. The Morgan fingerprint density at radius 2 is 1.70 bits per heavy atom. The van der Waals surface area contributed by atoms with Crippen molar-refractivity contribution in [2.75, 3.05) is 13.2 Å². The Labute approximate surface area is 145 Å². The fourth-order valence-corrected chi connectivity index (χ4v) is 3.99. The van der Waals surface area contributed by atoms with Crippen molar-refractivity contribution < 1.29 is 18.3 Å². The number of hydrogen-bond acceptors (Lipinski definition) is 4. The molecule has 0 radical (unpaired) electrons. The topological polar surface area (TPSA) is 63.6 Å². The van der Waals surface area contributed by atoms with Crippen LogP contribution >= 0.6 is 23.2 Å². The lowest BCUT2D eigenvalue weighted by Gasteiger charge is -2.12. The maximum atomic E-state index is 12.7. The predicted molar refractivity (Wildman–Crippen MR) is 90.3 cm³/mol. The van der Waals surface area contributed by atoms with E-state index in [9.17, 15) is 8.42 Å². The van der Waals surface area contributed by atoms with Gasteiger partial charge in [-0.15, -0.1) is 0 Å². The molecule has 2 aromatic rings. The quantitative estimate of drug-likeness (QED) is 0.778. The van der Waals surface area contributed by atoms with Crippen LogP contribution in [0.15, 0.2) is 46.2 Å². The molecule has 0 aliphatic carbocycles. The summed E-state index contributed by atoms with van der Waals surface area (Å²) in [5.74, 6) is 0.285. The summed E-state index contributed by atoms with van der Waals surface area (Å²) in [6, 6.07) is 9.33. The zero-order valence-electron chi connectivity index (χ0n) is 12.4. The molecule has 0 atom stereocenters. The van der Waals surface area contributed by atoms with Gasteiger partial charge in [-0.1, -0.05) is 40.9 Å². The van der Waals surface area contributed by atoms with E-state index in [2.05, 4.69) is 0 Å². The van der Waals surface area contributed by atoms with Gasteiger partial charge in [0.2, 0.25) is 9.84 Å². The molecule has 124 valence electrons. The molecule has 0 amide bonds. The van der Waals surface area contributed by atoms with Gasteiger partial charge in [0.25, 0.3) is 0 Å². The summed E-state index contributed by atoms with van der Waals surface area (Å²) in [7, 11) is -3.76. The van der Waals surface area contributed by atoms with E-state index in [4.69, 9.17) is 33.0 Å². The molecule has 23 heavy (non-hydrogen) atoms. The smallest absolute Gasteiger partial charge is 0.208 e. The van der Waals surface area contributed by atoms with Crippen molar-refractivity contribution in [2.45, 2.75) is 23.1 Å². The standard InChI is InChI=1S/C16H16Cl2O4S/c1-11-3-5-12(6-4-11)23(20,21)14-8-7-13(15(17)16(14)18)22-10-2-9-19/h3-8,19H,2,9-10H2,1H3. The zero-order chi connectivity index (χ0) is 17.0. The highest BCUT2D eigenvalue weighted by Gasteiger charge is 2.24. The van der Waals surface area contributed by atoms with Crippen LogP contribution < -0.4 is 4.74 Å². The normalized spacial score (nSPS) is 11.5. The van der Waals surface area contributed by atoms with Crippen LogP contribution in [-0.4, -0.2) is 26.7 Å². The highest BCUT2D eigenvalue weighted by atomic mass is 35.5. The summed E-state index contributed by atoms with van der Waals surface area (Å²) in [5, 5.41) is 8.71. The number of ether oxygens (including phenoxy) is 1. The highest BCUT2D eigenvalue weighted by molar-refractivity contribution is 7.91. The number of hydrogen-bond donors (Lipinski definition) is 1. The van der Waals surface area contributed by atoms with Gasteiger partial charge in [0, 0.05) is 13.0 Å². The molecule has 2 rings (SSSR count). The first-order valence-corrected chi connectivity index (χ1v) is 9.15. The van der Waals surface area contributed by atoms with Crippen molar-refractivity contribution in [3.8, 4) is 5.75 Å². The van der Waals surface area contributed by atoms with E-state index in [1.165, 1.54) is 24.3 Å². The highest BCUT2D eigenvalue weighted by Crippen LogP contribution is 2.38. The minimum absolute atomic E-state index is 0.00869. The van der Waals surface area contributed by atoms with E-state index < -0.39 is 9.84 Å². The van der Waals surface area contributed by atoms with Gasteiger partial charge in [-0.2, -0.15) is 0 Å². The van der Waals surface area contributed by atoms with Crippen LogP contribution in [0.25, 0.3) is 0 Å². The minimum Gasteiger partial charge on any atom is -0.492 e. The van der Waals surface area contributed by atoms with Crippen LogP contribution in [0.1, 0.15) is 12.0 Å². The second kappa shape index (κ2) is 7.53. The number of aryl methyl sites for hydroxylation is 1. The largest absolute Gasteiger partial charge is 0.492 e. The predicted octanol–water partition coefficient (Wildman–Crippen LogP) is 3.90. The third-order valence-corrected chi connectivity index (χ3v) is 5.98. The van der Waals surface area contributed by atoms with Gasteiger partial charge in [0.05, 0.1) is 21.4 Å². The average molecular weight is 375 g/mol. The average Bonchev–Trinajstić information content (AvgIpc) is 2.52. The Hall–Kier alpha value is -1.27. The van der Waals surface area contributed by atoms with Crippen LogP contribution in [-0.2, 0) is 9.84 Å². The number of aliphatic hydroxyl groups is 1. The van der Waals surface area contributed by atoms with Gasteiger partial charge in [-0.3, -0.25) is 0 Å². The van der Waals surface area contributed by atoms with E-state index in [0.717, 1.165) is 5.56 Å². The number of sulfone groups is 1. The van der Waals surface area contributed by atoms with Gasteiger partial charge < -0.3 is 9.84 Å².